The van der Waals surface area contributed by atoms with Crippen LogP contribution in [-0.4, -0.2) is 38.1 Å². The lowest BCUT2D eigenvalue weighted by Gasteiger charge is -2.33. The number of benzene rings is 2. The number of nitrogens with one attached hydrogen (secondary N) is 1. The molecule has 0 saturated heterocycles. The summed E-state index contributed by atoms with van der Waals surface area (Å²) in [4.78, 5) is 16.9. The van der Waals surface area contributed by atoms with Crippen LogP contribution < -0.4 is 11.1 Å². The molecule has 0 bridgehead atoms. The van der Waals surface area contributed by atoms with Gasteiger partial charge in [-0.2, -0.15) is 4.98 Å². The average Bonchev–Trinajstić information content (AvgIpc) is 3.21. The number of rotatable bonds is 6. The first-order chi connectivity index (χ1) is 17.6. The van der Waals surface area contributed by atoms with Gasteiger partial charge in [-0.05, 0) is 54.7 Å². The van der Waals surface area contributed by atoms with Gasteiger partial charge in [0.1, 0.15) is 11.6 Å². The average molecular weight is 490 g/mol. The number of amides is 1. The third-order valence-electron chi connectivity index (χ3n) is 5.62. The molecule has 4 aromatic rings. The van der Waals surface area contributed by atoms with Gasteiger partial charge in [-0.15, -0.1) is 5.10 Å². The van der Waals surface area contributed by atoms with Crippen molar-refractivity contribution in [3.8, 4) is 11.1 Å². The molecule has 1 unspecified atom stereocenters. The van der Waals surface area contributed by atoms with E-state index in [1.807, 2.05) is 5.32 Å². The molecule has 0 aliphatic carbocycles. The standard InChI is InChI=1S/C24H21F4N5O2/c1-13-3-8-17(14-9-10-33-18(11-14)31-22(29)32-33)20(26)19(13)21(34)30-12-24(27,28)23(2,35)15-4-6-16(25)7-5-15/h3-11,35H,12H2,1-2H3,(H2,29,32)(H,30,34)/i1D3. The Labute approximate surface area is 201 Å². The van der Waals surface area contributed by atoms with Gasteiger partial charge < -0.3 is 16.2 Å². The van der Waals surface area contributed by atoms with E-state index in [4.69, 9.17) is 9.85 Å². The van der Waals surface area contributed by atoms with E-state index in [1.165, 1.54) is 22.8 Å². The van der Waals surface area contributed by atoms with E-state index >= 15 is 13.2 Å². The van der Waals surface area contributed by atoms with Crippen LogP contribution in [0.2, 0.25) is 0 Å². The fourth-order valence-corrected chi connectivity index (χ4v) is 3.52. The fourth-order valence-electron chi connectivity index (χ4n) is 3.52. The van der Waals surface area contributed by atoms with E-state index in [2.05, 4.69) is 10.1 Å². The minimum Gasteiger partial charge on any atom is -0.379 e. The van der Waals surface area contributed by atoms with Crippen LogP contribution in [0.4, 0.5) is 23.5 Å². The van der Waals surface area contributed by atoms with Crippen molar-refractivity contribution in [2.75, 3.05) is 12.3 Å². The third-order valence-corrected chi connectivity index (χ3v) is 5.62. The van der Waals surface area contributed by atoms with E-state index < -0.39 is 53.6 Å². The summed E-state index contributed by atoms with van der Waals surface area (Å²) in [7, 11) is 0. The monoisotopic (exact) mass is 490 g/mol. The maximum absolute atomic E-state index is 15.7. The molecule has 182 valence electrons. The Morgan fingerprint density at radius 2 is 1.91 bits per heavy atom. The van der Waals surface area contributed by atoms with E-state index in [1.54, 1.807) is 0 Å². The molecule has 1 atom stereocenters. The lowest BCUT2D eigenvalue weighted by Crippen LogP contribution is -2.50. The van der Waals surface area contributed by atoms with Crippen LogP contribution >= 0.6 is 0 Å². The number of hydrogen-bond donors (Lipinski definition) is 3. The van der Waals surface area contributed by atoms with Gasteiger partial charge in [-0.1, -0.05) is 24.3 Å². The Kier molecular flexibility index (Phi) is 5.04. The summed E-state index contributed by atoms with van der Waals surface area (Å²) in [5.41, 5.74) is 0.955. The highest BCUT2D eigenvalue weighted by Crippen LogP contribution is 2.37. The van der Waals surface area contributed by atoms with Crippen LogP contribution in [0.15, 0.2) is 54.7 Å². The number of aryl methyl sites for hydroxylation is 1. The Morgan fingerprint density at radius 3 is 2.60 bits per heavy atom. The molecule has 4 N–H and O–H groups in total. The number of fused-ring (bicyclic) bond motifs is 1. The number of aliphatic hydroxyl groups is 1. The first kappa shape index (κ1) is 20.4. The number of aromatic nitrogens is 3. The molecule has 35 heavy (non-hydrogen) atoms. The quantitative estimate of drug-likeness (QED) is 0.356. The van der Waals surface area contributed by atoms with Gasteiger partial charge in [0.15, 0.2) is 11.2 Å². The predicted octanol–water partition coefficient (Wildman–Crippen LogP) is 3.84. The Balaban J connectivity index is 1.69. The summed E-state index contributed by atoms with van der Waals surface area (Å²) < 4.78 is 83.4. The predicted molar refractivity (Wildman–Crippen MR) is 121 cm³/mol. The van der Waals surface area contributed by atoms with Crippen molar-refractivity contribution < 1.29 is 31.6 Å². The number of carbonyl (C=O) groups is 1. The van der Waals surface area contributed by atoms with Gasteiger partial charge in [0.05, 0.1) is 12.1 Å². The van der Waals surface area contributed by atoms with Crippen molar-refractivity contribution in [2.24, 2.45) is 0 Å². The van der Waals surface area contributed by atoms with Crippen molar-refractivity contribution in [3.63, 3.8) is 0 Å². The summed E-state index contributed by atoms with van der Waals surface area (Å²) in [6.07, 6.45) is 1.42. The number of pyridine rings is 1. The Morgan fingerprint density at radius 1 is 1.20 bits per heavy atom. The number of halogens is 4. The first-order valence-corrected chi connectivity index (χ1v) is 10.2. The maximum atomic E-state index is 15.7. The van der Waals surface area contributed by atoms with Crippen LogP contribution in [0.25, 0.3) is 16.8 Å². The number of hydrogen-bond acceptors (Lipinski definition) is 5. The van der Waals surface area contributed by atoms with Gasteiger partial charge in [0.25, 0.3) is 11.8 Å². The van der Waals surface area contributed by atoms with Crippen LogP contribution in [0.3, 0.4) is 0 Å². The zero-order valence-electron chi connectivity index (χ0n) is 21.2. The van der Waals surface area contributed by atoms with Crippen molar-refractivity contribution in [3.05, 3.63) is 83.1 Å². The molecule has 2 heterocycles. The van der Waals surface area contributed by atoms with Crippen molar-refractivity contribution in [1.29, 1.82) is 0 Å². The number of anilines is 1. The molecule has 0 saturated carbocycles. The molecule has 7 nitrogen and oxygen atoms in total. The number of nitrogens with zero attached hydrogens (tertiary/aromatic N) is 3. The normalized spacial score (nSPS) is 15.2. The smallest absolute Gasteiger partial charge is 0.296 e. The summed E-state index contributed by atoms with van der Waals surface area (Å²) in [6.45, 7) is -3.67. The fraction of sp³-hybridized carbons (Fsp3) is 0.208. The van der Waals surface area contributed by atoms with Crippen LogP contribution in [0, 0.1) is 18.5 Å². The molecule has 0 aliphatic heterocycles. The second-order valence-electron chi connectivity index (χ2n) is 8.00. The topological polar surface area (TPSA) is 106 Å². The molecule has 2 aromatic carbocycles. The van der Waals surface area contributed by atoms with Crippen LogP contribution in [0.1, 0.15) is 32.5 Å². The molecular formula is C24H21F4N5O2. The molecule has 4 rings (SSSR count). The molecular weight excluding hydrogens is 466 g/mol. The zero-order valence-corrected chi connectivity index (χ0v) is 18.2. The molecule has 0 spiro atoms. The van der Waals surface area contributed by atoms with Gasteiger partial charge in [0.2, 0.25) is 5.95 Å². The summed E-state index contributed by atoms with van der Waals surface area (Å²) >= 11 is 0. The minimum absolute atomic E-state index is 0.0436. The van der Waals surface area contributed by atoms with Gasteiger partial charge in [-0.25, -0.2) is 22.1 Å². The number of nitrogens with two attached hydrogens (primary N) is 1. The molecule has 0 fully saturated rings. The maximum Gasteiger partial charge on any atom is 0.296 e. The van der Waals surface area contributed by atoms with Crippen molar-refractivity contribution >= 4 is 17.5 Å². The minimum atomic E-state index is -4.02. The third kappa shape index (κ3) is 4.42. The highest BCUT2D eigenvalue weighted by molar-refractivity contribution is 5.97. The van der Waals surface area contributed by atoms with Gasteiger partial charge in [0, 0.05) is 15.9 Å². The Bertz CT molecular complexity index is 1520. The molecule has 11 heteroatoms. The largest absolute Gasteiger partial charge is 0.379 e. The van der Waals surface area contributed by atoms with Crippen LogP contribution in [-0.2, 0) is 5.60 Å². The van der Waals surface area contributed by atoms with E-state index in [-0.39, 0.29) is 28.3 Å². The lowest BCUT2D eigenvalue weighted by molar-refractivity contribution is -0.173. The zero-order chi connectivity index (χ0) is 28.0. The van der Waals surface area contributed by atoms with E-state index in [9.17, 15) is 14.3 Å². The molecule has 0 radical (unpaired) electrons. The lowest BCUT2D eigenvalue weighted by atomic mass is 9.89. The Hall–Kier alpha value is -3.99. The van der Waals surface area contributed by atoms with Gasteiger partial charge >= 0.3 is 0 Å². The summed E-state index contributed by atoms with van der Waals surface area (Å²) in [6, 6.07) is 8.65. The van der Waals surface area contributed by atoms with Gasteiger partial charge in [-0.3, -0.25) is 4.79 Å². The molecule has 1 amide bonds. The summed E-state index contributed by atoms with van der Waals surface area (Å²) in [5.74, 6) is -7.47. The number of nitrogen functional groups attached to an aromatic ring is 1. The van der Waals surface area contributed by atoms with Crippen LogP contribution in [0.5, 0.6) is 0 Å². The second kappa shape index (κ2) is 8.66. The SMILES string of the molecule is [2H]C([2H])([2H])c1ccc(-c2ccn3nc(N)nc3c2)c(F)c1C(=O)NCC(F)(F)C(C)(O)c1ccc(F)cc1. The molecule has 0 aliphatic rings. The highest BCUT2D eigenvalue weighted by atomic mass is 19.3. The van der Waals surface area contributed by atoms with Crippen molar-refractivity contribution in [2.45, 2.75) is 25.3 Å². The second-order valence-corrected chi connectivity index (χ2v) is 8.00. The van der Waals surface area contributed by atoms with Crippen molar-refractivity contribution in [1.82, 2.24) is 19.9 Å². The van der Waals surface area contributed by atoms with E-state index in [0.717, 1.165) is 43.3 Å². The molecule has 2 aromatic heterocycles. The number of alkyl halides is 2. The first-order valence-electron chi connectivity index (χ1n) is 11.7. The number of carbonyl (C=O) groups excluding carboxylic acids is 1. The highest BCUT2D eigenvalue weighted by Gasteiger charge is 2.50. The summed E-state index contributed by atoms with van der Waals surface area (Å²) in [5, 5.41) is 16.2. The van der Waals surface area contributed by atoms with E-state index in [0.29, 0.717) is 0 Å².